The number of phenolic OH excluding ortho intramolecular Hbond substituents is 1. The van der Waals surface area contributed by atoms with Crippen LogP contribution >= 0.6 is 0 Å². The van der Waals surface area contributed by atoms with E-state index in [4.69, 9.17) is 19.0 Å². The Hall–Kier alpha value is -3.42. The lowest BCUT2D eigenvalue weighted by Gasteiger charge is -2.19. The Morgan fingerprint density at radius 3 is 2.84 bits per heavy atom. The average Bonchev–Trinajstić information content (AvgIpc) is 3.16. The SMILES string of the molecule is COc1c(C)c2c(c(O)c1CC=C(C)CCC(=O)OCCN1C=CC=CO1)C(=O)OC2. The molecule has 2 aliphatic heterocycles. The van der Waals surface area contributed by atoms with Crippen LogP contribution in [0.2, 0.25) is 0 Å². The van der Waals surface area contributed by atoms with Crippen LogP contribution in [0.5, 0.6) is 11.5 Å². The monoisotopic (exact) mass is 429 g/mol. The van der Waals surface area contributed by atoms with Gasteiger partial charge in [0.2, 0.25) is 0 Å². The van der Waals surface area contributed by atoms with Crippen LogP contribution in [0, 0.1) is 6.92 Å². The van der Waals surface area contributed by atoms with Gasteiger partial charge in [0.05, 0.1) is 13.7 Å². The molecule has 2 aliphatic rings. The van der Waals surface area contributed by atoms with Crippen molar-refractivity contribution in [1.82, 2.24) is 5.06 Å². The van der Waals surface area contributed by atoms with Crippen LogP contribution in [0.3, 0.4) is 0 Å². The first-order valence-corrected chi connectivity index (χ1v) is 10.1. The van der Waals surface area contributed by atoms with Crippen molar-refractivity contribution in [1.29, 1.82) is 0 Å². The number of esters is 2. The van der Waals surface area contributed by atoms with Crippen LogP contribution < -0.4 is 4.74 Å². The van der Waals surface area contributed by atoms with E-state index < -0.39 is 5.97 Å². The fourth-order valence-electron chi connectivity index (χ4n) is 3.49. The van der Waals surface area contributed by atoms with Crippen LogP contribution in [0.25, 0.3) is 0 Å². The summed E-state index contributed by atoms with van der Waals surface area (Å²) in [4.78, 5) is 29.2. The number of phenols is 1. The van der Waals surface area contributed by atoms with E-state index in [9.17, 15) is 14.7 Å². The molecule has 3 rings (SSSR count). The van der Waals surface area contributed by atoms with Gasteiger partial charge >= 0.3 is 11.9 Å². The first-order chi connectivity index (χ1) is 14.9. The summed E-state index contributed by atoms with van der Waals surface area (Å²) in [7, 11) is 1.53. The van der Waals surface area contributed by atoms with Gasteiger partial charge in [-0.3, -0.25) is 4.79 Å². The van der Waals surface area contributed by atoms with E-state index >= 15 is 0 Å². The summed E-state index contributed by atoms with van der Waals surface area (Å²) >= 11 is 0. The number of hydrogen-bond donors (Lipinski definition) is 1. The van der Waals surface area contributed by atoms with Gasteiger partial charge in [-0.1, -0.05) is 11.6 Å². The van der Waals surface area contributed by atoms with Gasteiger partial charge in [0, 0.05) is 23.7 Å². The molecule has 1 aromatic carbocycles. The summed E-state index contributed by atoms with van der Waals surface area (Å²) in [5, 5.41) is 12.2. The third-order valence-corrected chi connectivity index (χ3v) is 5.24. The molecule has 0 radical (unpaired) electrons. The number of cyclic esters (lactones) is 1. The van der Waals surface area contributed by atoms with Crippen LogP contribution in [0.4, 0.5) is 0 Å². The first-order valence-electron chi connectivity index (χ1n) is 10.1. The molecule has 0 saturated heterocycles. The lowest BCUT2D eigenvalue weighted by atomic mass is 9.94. The first kappa shape index (κ1) is 22.3. The van der Waals surface area contributed by atoms with E-state index in [1.165, 1.54) is 7.11 Å². The van der Waals surface area contributed by atoms with Gasteiger partial charge in [0.15, 0.2) is 0 Å². The highest BCUT2D eigenvalue weighted by Crippen LogP contribution is 2.42. The molecule has 1 N–H and O–H groups in total. The molecule has 0 aliphatic carbocycles. The van der Waals surface area contributed by atoms with Crippen molar-refractivity contribution in [3.05, 3.63) is 58.5 Å². The summed E-state index contributed by atoms with van der Waals surface area (Å²) in [6.07, 6.45) is 9.95. The van der Waals surface area contributed by atoms with E-state index in [0.29, 0.717) is 36.3 Å². The van der Waals surface area contributed by atoms with Crippen LogP contribution in [0.15, 0.2) is 36.3 Å². The molecule has 1 aromatic rings. The zero-order valence-electron chi connectivity index (χ0n) is 18.0. The van der Waals surface area contributed by atoms with Crippen molar-refractivity contribution in [2.45, 2.75) is 39.7 Å². The smallest absolute Gasteiger partial charge is 0.342 e. The average molecular weight is 429 g/mol. The number of carbonyl (C=O) groups is 2. The molecule has 0 bridgehead atoms. The molecule has 0 saturated carbocycles. The summed E-state index contributed by atoms with van der Waals surface area (Å²) in [5.74, 6) is -0.376. The molecule has 0 amide bonds. The summed E-state index contributed by atoms with van der Waals surface area (Å²) in [6.45, 7) is 4.56. The van der Waals surface area contributed by atoms with E-state index in [2.05, 4.69) is 0 Å². The number of aromatic hydroxyl groups is 1. The minimum atomic E-state index is -0.524. The second-order valence-electron chi connectivity index (χ2n) is 7.31. The van der Waals surface area contributed by atoms with Gasteiger partial charge in [0.25, 0.3) is 0 Å². The Balaban J connectivity index is 1.54. The minimum absolute atomic E-state index is 0.104. The molecule has 8 heteroatoms. The molecular formula is C23H27NO7. The van der Waals surface area contributed by atoms with Gasteiger partial charge in [0.1, 0.15) is 36.5 Å². The number of nitrogens with zero attached hydrogens (tertiary/aromatic N) is 1. The number of rotatable bonds is 9. The van der Waals surface area contributed by atoms with E-state index in [1.807, 2.05) is 26.0 Å². The number of benzene rings is 1. The van der Waals surface area contributed by atoms with Gasteiger partial charge in [-0.05, 0) is 44.4 Å². The molecule has 0 atom stereocenters. The fraction of sp³-hybridized carbons (Fsp3) is 0.391. The van der Waals surface area contributed by atoms with Crippen LogP contribution in [0.1, 0.15) is 46.8 Å². The summed E-state index contributed by atoms with van der Waals surface area (Å²) < 4.78 is 15.8. The molecule has 8 nitrogen and oxygen atoms in total. The molecule has 0 unspecified atom stereocenters. The number of allylic oxidation sites excluding steroid dienone is 4. The molecular weight excluding hydrogens is 402 g/mol. The second kappa shape index (κ2) is 10.1. The fourth-order valence-corrected chi connectivity index (χ4v) is 3.49. The highest BCUT2D eigenvalue weighted by atomic mass is 16.7. The third-order valence-electron chi connectivity index (χ3n) is 5.24. The number of hydroxylamine groups is 2. The second-order valence-corrected chi connectivity index (χ2v) is 7.31. The highest BCUT2D eigenvalue weighted by Gasteiger charge is 2.31. The molecule has 0 spiro atoms. The maximum atomic E-state index is 12.0. The minimum Gasteiger partial charge on any atom is -0.507 e. The normalized spacial score (nSPS) is 14.9. The number of hydrogen-bond acceptors (Lipinski definition) is 8. The number of methoxy groups -OCH3 is 1. The number of carbonyl (C=O) groups excluding carboxylic acids is 2. The lowest BCUT2D eigenvalue weighted by molar-refractivity contribution is -0.146. The van der Waals surface area contributed by atoms with Crippen LogP contribution in [-0.4, -0.2) is 42.4 Å². The van der Waals surface area contributed by atoms with Gasteiger partial charge in [-0.25, -0.2) is 9.86 Å². The van der Waals surface area contributed by atoms with Gasteiger partial charge < -0.3 is 24.2 Å². The predicted octanol–water partition coefficient (Wildman–Crippen LogP) is 3.47. The Morgan fingerprint density at radius 2 is 2.13 bits per heavy atom. The molecule has 0 aromatic heterocycles. The molecule has 2 heterocycles. The topological polar surface area (TPSA) is 94.5 Å². The highest BCUT2D eigenvalue weighted by molar-refractivity contribution is 5.98. The van der Waals surface area contributed by atoms with E-state index in [0.717, 1.165) is 11.1 Å². The summed E-state index contributed by atoms with van der Waals surface area (Å²) in [5.41, 5.74) is 3.16. The number of ether oxygens (including phenoxy) is 3. The Morgan fingerprint density at radius 1 is 1.32 bits per heavy atom. The summed E-state index contributed by atoms with van der Waals surface area (Å²) in [6, 6.07) is 0. The maximum Gasteiger partial charge on any atom is 0.342 e. The lowest BCUT2D eigenvalue weighted by Crippen LogP contribution is -2.23. The largest absolute Gasteiger partial charge is 0.507 e. The molecule has 31 heavy (non-hydrogen) atoms. The van der Waals surface area contributed by atoms with Crippen molar-refractivity contribution in [2.24, 2.45) is 0 Å². The Labute approximate surface area is 181 Å². The predicted molar refractivity (Wildman–Crippen MR) is 112 cm³/mol. The van der Waals surface area contributed by atoms with Crippen molar-refractivity contribution in [3.63, 3.8) is 0 Å². The zero-order chi connectivity index (χ0) is 22.4. The van der Waals surface area contributed by atoms with Gasteiger partial charge in [-0.2, -0.15) is 0 Å². The van der Waals surface area contributed by atoms with Crippen molar-refractivity contribution in [2.75, 3.05) is 20.3 Å². The Kier molecular flexibility index (Phi) is 7.23. The zero-order valence-corrected chi connectivity index (χ0v) is 18.0. The quantitative estimate of drug-likeness (QED) is 0.471. The molecule has 0 fully saturated rings. The number of fused-ring (bicyclic) bond motifs is 1. The van der Waals surface area contributed by atoms with E-state index in [-0.39, 0.29) is 36.9 Å². The molecule has 166 valence electrons. The van der Waals surface area contributed by atoms with Crippen LogP contribution in [-0.2, 0) is 32.1 Å². The van der Waals surface area contributed by atoms with E-state index in [1.54, 1.807) is 23.6 Å². The van der Waals surface area contributed by atoms with Crippen molar-refractivity contribution >= 4 is 11.9 Å². The Bertz CT molecular complexity index is 946. The van der Waals surface area contributed by atoms with Crippen molar-refractivity contribution < 1.29 is 33.7 Å². The van der Waals surface area contributed by atoms with Crippen molar-refractivity contribution in [3.8, 4) is 11.5 Å². The van der Waals surface area contributed by atoms with Gasteiger partial charge in [-0.15, -0.1) is 0 Å². The third kappa shape index (κ3) is 5.20. The standard InChI is InChI=1S/C23H27NO7/c1-15(7-9-19(25)29-13-11-24-10-4-5-12-31-24)6-8-17-21(26)20-18(14-30-23(20)27)16(2)22(17)28-3/h4-6,10,12,26H,7-9,11,13-14H2,1-3H3. The maximum absolute atomic E-state index is 12.0.